The maximum Gasteiger partial charge on any atom is 0.343 e. The van der Waals surface area contributed by atoms with E-state index in [9.17, 15) is 29.4 Å². The van der Waals surface area contributed by atoms with Gasteiger partial charge in [-0.3, -0.25) is 14.4 Å². The largest absolute Gasteiger partial charge is 0.458 e. The standard InChI is InChI=1S/C30H28FN3O7/c1-3-30(40)17-8-21-24-15(10-34(21)27(38)16(17)11-41-28(30)39)23-19(33-26(37)25(36)29(12-35)6-7-29)5-4-14-13(2)18(31)9-20(32-24)22(14)23/h8-9,19,35,40H,3-7,10-12H2,1-2H3,(H,33,37)/t19-,30-/m0/s1. The fraction of sp³-hybridized carbons (Fsp3) is 0.433. The second-order valence-corrected chi connectivity index (χ2v) is 11.6. The number of amides is 1. The number of carbonyl (C=O) groups excluding carboxylic acids is 3. The highest BCUT2D eigenvalue weighted by atomic mass is 19.1. The molecule has 212 valence electrons. The number of fused-ring (bicyclic) bond motifs is 5. The molecule has 7 rings (SSSR count). The zero-order chi connectivity index (χ0) is 29.0. The molecule has 1 amide bonds. The highest BCUT2D eigenvalue weighted by Gasteiger charge is 2.52. The van der Waals surface area contributed by atoms with Crippen molar-refractivity contribution in [3.8, 4) is 11.4 Å². The molecule has 0 unspecified atom stereocenters. The summed E-state index contributed by atoms with van der Waals surface area (Å²) in [4.78, 5) is 57.0. The molecule has 11 heteroatoms. The van der Waals surface area contributed by atoms with Crippen molar-refractivity contribution < 1.29 is 33.7 Å². The summed E-state index contributed by atoms with van der Waals surface area (Å²) in [7, 11) is 0. The molecule has 2 aliphatic carbocycles. The number of aliphatic hydroxyl groups is 2. The third-order valence-electron chi connectivity index (χ3n) is 9.53. The minimum Gasteiger partial charge on any atom is -0.458 e. The maximum atomic E-state index is 15.1. The lowest BCUT2D eigenvalue weighted by Gasteiger charge is -2.31. The lowest BCUT2D eigenvalue weighted by molar-refractivity contribution is -0.172. The third kappa shape index (κ3) is 3.39. The van der Waals surface area contributed by atoms with E-state index in [1.54, 1.807) is 19.9 Å². The van der Waals surface area contributed by atoms with Gasteiger partial charge >= 0.3 is 5.97 Å². The van der Waals surface area contributed by atoms with E-state index in [0.717, 1.165) is 5.56 Å². The molecular formula is C30H28FN3O7. The fourth-order valence-electron chi connectivity index (χ4n) is 6.77. The predicted molar refractivity (Wildman–Crippen MR) is 142 cm³/mol. The predicted octanol–water partition coefficient (Wildman–Crippen LogP) is 1.97. The van der Waals surface area contributed by atoms with Gasteiger partial charge in [0, 0.05) is 22.6 Å². The first-order valence-corrected chi connectivity index (χ1v) is 13.8. The molecule has 3 aromatic rings. The summed E-state index contributed by atoms with van der Waals surface area (Å²) in [6.07, 6.45) is 1.75. The molecule has 2 aromatic heterocycles. The summed E-state index contributed by atoms with van der Waals surface area (Å²) in [6.45, 7) is 2.76. The quantitative estimate of drug-likeness (QED) is 0.248. The van der Waals surface area contributed by atoms with Crippen molar-refractivity contribution in [2.75, 3.05) is 6.61 Å². The van der Waals surface area contributed by atoms with Gasteiger partial charge in [-0.25, -0.2) is 14.2 Å². The Hall–Kier alpha value is -3.96. The number of nitrogens with zero attached hydrogens (tertiary/aromatic N) is 2. The summed E-state index contributed by atoms with van der Waals surface area (Å²) in [5, 5.41) is 24.4. The van der Waals surface area contributed by atoms with Gasteiger partial charge in [-0.1, -0.05) is 6.92 Å². The molecule has 1 saturated carbocycles. The number of nitrogens with one attached hydrogen (secondary N) is 1. The number of cyclic esters (lactones) is 1. The highest BCUT2D eigenvalue weighted by Crippen LogP contribution is 2.48. The van der Waals surface area contributed by atoms with E-state index in [-0.39, 0.29) is 37.3 Å². The lowest BCUT2D eigenvalue weighted by atomic mass is 9.81. The molecule has 4 aliphatic rings. The third-order valence-corrected chi connectivity index (χ3v) is 9.53. The van der Waals surface area contributed by atoms with E-state index in [1.165, 1.54) is 10.6 Å². The van der Waals surface area contributed by atoms with Crippen molar-refractivity contribution in [2.24, 2.45) is 5.41 Å². The topological polar surface area (TPSA) is 148 Å². The Labute approximate surface area is 233 Å². The number of pyridine rings is 2. The van der Waals surface area contributed by atoms with E-state index in [2.05, 4.69) is 5.32 Å². The number of aromatic nitrogens is 2. The van der Waals surface area contributed by atoms with Gasteiger partial charge in [0.05, 0.1) is 47.1 Å². The minimum atomic E-state index is -1.99. The van der Waals surface area contributed by atoms with Crippen molar-refractivity contribution >= 4 is 28.6 Å². The van der Waals surface area contributed by atoms with Crippen LogP contribution in [-0.4, -0.2) is 44.0 Å². The molecule has 2 aliphatic heterocycles. The van der Waals surface area contributed by atoms with Gasteiger partial charge in [-0.05, 0) is 61.8 Å². The average Bonchev–Trinajstić information content (AvgIpc) is 3.68. The Morgan fingerprint density at radius 1 is 1.22 bits per heavy atom. The second-order valence-electron chi connectivity index (χ2n) is 11.6. The van der Waals surface area contributed by atoms with Crippen LogP contribution in [0.2, 0.25) is 0 Å². The van der Waals surface area contributed by atoms with E-state index < -0.39 is 46.1 Å². The van der Waals surface area contributed by atoms with Gasteiger partial charge < -0.3 is 24.8 Å². The highest BCUT2D eigenvalue weighted by molar-refractivity contribution is 6.39. The molecule has 4 heterocycles. The number of Topliss-reactive ketones (excluding diaryl/α,β-unsaturated/α-hetero) is 1. The number of aliphatic hydroxyl groups excluding tert-OH is 1. The average molecular weight is 562 g/mol. The fourth-order valence-corrected chi connectivity index (χ4v) is 6.77. The monoisotopic (exact) mass is 561 g/mol. The number of aryl methyl sites for hydroxylation is 1. The molecule has 1 aromatic carbocycles. The van der Waals surface area contributed by atoms with Crippen molar-refractivity contribution in [3.63, 3.8) is 0 Å². The van der Waals surface area contributed by atoms with E-state index in [0.29, 0.717) is 64.7 Å². The smallest absolute Gasteiger partial charge is 0.343 e. The summed E-state index contributed by atoms with van der Waals surface area (Å²) in [6, 6.07) is 2.30. The van der Waals surface area contributed by atoms with E-state index in [4.69, 9.17) is 9.72 Å². The van der Waals surface area contributed by atoms with Crippen LogP contribution in [0, 0.1) is 18.2 Å². The number of hydrogen-bond donors (Lipinski definition) is 3. The van der Waals surface area contributed by atoms with Gasteiger partial charge in [0.15, 0.2) is 5.60 Å². The summed E-state index contributed by atoms with van der Waals surface area (Å²) < 4.78 is 21.7. The van der Waals surface area contributed by atoms with Crippen molar-refractivity contribution in [1.29, 1.82) is 0 Å². The summed E-state index contributed by atoms with van der Waals surface area (Å²) in [5.41, 5.74) is 0.568. The molecule has 3 N–H and O–H groups in total. The molecule has 0 bridgehead atoms. The minimum absolute atomic E-state index is 0.00367. The first-order valence-electron chi connectivity index (χ1n) is 13.8. The van der Waals surface area contributed by atoms with Gasteiger partial charge in [0.1, 0.15) is 12.4 Å². The zero-order valence-electron chi connectivity index (χ0n) is 22.6. The van der Waals surface area contributed by atoms with E-state index in [1.807, 2.05) is 0 Å². The van der Waals surface area contributed by atoms with Crippen LogP contribution in [-0.2, 0) is 44.3 Å². The van der Waals surface area contributed by atoms with Gasteiger partial charge in [-0.2, -0.15) is 0 Å². The zero-order valence-corrected chi connectivity index (χ0v) is 22.6. The SMILES string of the molecule is CC[C@@]1(O)C(=O)OCc2c1cc1n(c2=O)Cc2c-1nc1cc(F)c(C)c3c1c2[C@@H](NC(=O)C(=O)C1(CO)CC1)CC3. The number of carbonyl (C=O) groups is 3. The molecular weight excluding hydrogens is 533 g/mol. The van der Waals surface area contributed by atoms with E-state index >= 15 is 4.39 Å². The van der Waals surface area contributed by atoms with Gasteiger partial charge in [0.25, 0.3) is 11.5 Å². The summed E-state index contributed by atoms with van der Waals surface area (Å²) in [5.74, 6) is -2.69. The van der Waals surface area contributed by atoms with Crippen molar-refractivity contribution in [3.05, 3.63) is 61.7 Å². The Balaban J connectivity index is 1.43. The Morgan fingerprint density at radius 3 is 2.66 bits per heavy atom. The normalized spacial score (nSPS) is 23.0. The molecule has 1 fully saturated rings. The van der Waals surface area contributed by atoms with Crippen LogP contribution in [0.5, 0.6) is 0 Å². The lowest BCUT2D eigenvalue weighted by Crippen LogP contribution is -2.44. The molecule has 10 nitrogen and oxygen atoms in total. The van der Waals surface area contributed by atoms with Gasteiger partial charge in [-0.15, -0.1) is 0 Å². The first kappa shape index (κ1) is 26.0. The van der Waals surface area contributed by atoms with Gasteiger partial charge in [0.2, 0.25) is 5.78 Å². The maximum absolute atomic E-state index is 15.1. The van der Waals surface area contributed by atoms with Crippen LogP contribution >= 0.6 is 0 Å². The first-order chi connectivity index (χ1) is 19.5. The molecule has 2 atom stereocenters. The molecule has 0 saturated heterocycles. The molecule has 0 spiro atoms. The van der Waals surface area contributed by atoms with Crippen molar-refractivity contribution in [1.82, 2.24) is 14.9 Å². The van der Waals surface area contributed by atoms with Crippen LogP contribution in [0.1, 0.15) is 72.0 Å². The van der Waals surface area contributed by atoms with Crippen LogP contribution in [0.25, 0.3) is 22.3 Å². The van der Waals surface area contributed by atoms with Crippen LogP contribution in [0.3, 0.4) is 0 Å². The number of benzene rings is 1. The number of ether oxygens (including phenoxy) is 1. The van der Waals surface area contributed by atoms with Crippen LogP contribution in [0.15, 0.2) is 16.9 Å². The van der Waals surface area contributed by atoms with Crippen LogP contribution < -0.4 is 10.9 Å². The summed E-state index contributed by atoms with van der Waals surface area (Å²) >= 11 is 0. The number of rotatable bonds is 5. The number of ketones is 1. The Morgan fingerprint density at radius 2 is 1.98 bits per heavy atom. The number of hydrogen-bond acceptors (Lipinski definition) is 8. The molecule has 0 radical (unpaired) electrons. The van der Waals surface area contributed by atoms with Crippen molar-refractivity contribution in [2.45, 2.75) is 70.7 Å². The molecule has 41 heavy (non-hydrogen) atoms. The Kier molecular flexibility index (Phi) is 5.40. The number of esters is 1. The van der Waals surface area contributed by atoms with Crippen LogP contribution in [0.4, 0.5) is 4.39 Å². The Bertz CT molecular complexity index is 1810. The number of halogens is 1. The second kappa shape index (κ2) is 8.53.